The van der Waals surface area contributed by atoms with Crippen LogP contribution in [0.3, 0.4) is 0 Å². The molecule has 1 atom stereocenters. The lowest BCUT2D eigenvalue weighted by Gasteiger charge is -2.34. The highest BCUT2D eigenvalue weighted by atomic mass is 35.5. The van der Waals surface area contributed by atoms with Crippen molar-refractivity contribution in [1.82, 2.24) is 0 Å². The van der Waals surface area contributed by atoms with Gasteiger partial charge in [-0.25, -0.2) is 4.79 Å². The molecule has 4 rings (SSSR count). The molecule has 1 aliphatic carbocycles. The second kappa shape index (κ2) is 10.4. The lowest BCUT2D eigenvalue weighted by Crippen LogP contribution is -2.30. The first-order valence-corrected chi connectivity index (χ1v) is 12.6. The van der Waals surface area contributed by atoms with Crippen LogP contribution in [0, 0.1) is 5.41 Å². The average Bonchev–Trinajstić information content (AvgIpc) is 2.79. The zero-order valence-electron chi connectivity index (χ0n) is 19.7. The molecule has 2 aromatic rings. The number of aryl methyl sites for hydroxylation is 2. The van der Waals surface area contributed by atoms with E-state index in [-0.39, 0.29) is 0 Å². The van der Waals surface area contributed by atoms with Gasteiger partial charge >= 0.3 is 5.97 Å². The molecule has 0 amide bonds. The van der Waals surface area contributed by atoms with E-state index < -0.39 is 12.1 Å². The van der Waals surface area contributed by atoms with Crippen molar-refractivity contribution in [2.75, 3.05) is 6.61 Å². The summed E-state index contributed by atoms with van der Waals surface area (Å²) in [4.78, 5) is 11.2. The van der Waals surface area contributed by atoms with E-state index in [0.29, 0.717) is 29.4 Å². The van der Waals surface area contributed by atoms with Gasteiger partial charge in [0.2, 0.25) is 0 Å². The number of fused-ring (bicyclic) bond motifs is 1. The van der Waals surface area contributed by atoms with Crippen molar-refractivity contribution >= 4 is 17.6 Å². The predicted molar refractivity (Wildman–Crippen MR) is 132 cm³/mol. The molecule has 1 N–H and O–H groups in total. The van der Waals surface area contributed by atoms with Gasteiger partial charge in [-0.2, -0.15) is 0 Å². The highest BCUT2D eigenvalue weighted by molar-refractivity contribution is 6.32. The molecule has 0 saturated heterocycles. The fourth-order valence-electron chi connectivity index (χ4n) is 4.98. The summed E-state index contributed by atoms with van der Waals surface area (Å²) in [6, 6.07) is 12.5. The van der Waals surface area contributed by atoms with Gasteiger partial charge in [0.15, 0.2) is 6.10 Å². The fourth-order valence-corrected chi connectivity index (χ4v) is 5.22. The number of carbonyl (C=O) groups is 1. The van der Waals surface area contributed by atoms with E-state index in [4.69, 9.17) is 21.1 Å². The Hall–Kier alpha value is -2.20. The molecule has 1 fully saturated rings. The summed E-state index contributed by atoms with van der Waals surface area (Å²) in [5, 5.41) is 9.90. The summed E-state index contributed by atoms with van der Waals surface area (Å²) in [7, 11) is 0. The average molecular weight is 471 g/mol. The Kier molecular flexibility index (Phi) is 7.53. The highest BCUT2D eigenvalue weighted by Gasteiger charge is 2.28. The van der Waals surface area contributed by atoms with Crippen LogP contribution in [0.2, 0.25) is 5.02 Å². The molecule has 1 heterocycles. The molecule has 33 heavy (non-hydrogen) atoms. The third-order valence-electron chi connectivity index (χ3n) is 7.24. The first-order chi connectivity index (χ1) is 15.8. The number of aliphatic carboxylic acids is 1. The molecule has 0 radical (unpaired) electrons. The Morgan fingerprint density at radius 3 is 2.64 bits per heavy atom. The first-order valence-electron chi connectivity index (χ1n) is 12.2. The van der Waals surface area contributed by atoms with Crippen LogP contribution in [-0.4, -0.2) is 23.8 Å². The van der Waals surface area contributed by atoms with Crippen LogP contribution < -0.4 is 9.47 Å². The number of unbranched alkanes of at least 4 members (excludes halogenated alkanes) is 1. The van der Waals surface area contributed by atoms with E-state index in [0.717, 1.165) is 48.3 Å². The second-order valence-electron chi connectivity index (χ2n) is 10.4. The molecule has 2 aliphatic rings. The lowest BCUT2D eigenvalue weighted by molar-refractivity contribution is -0.145. The lowest BCUT2D eigenvalue weighted by atomic mass is 9.71. The number of ether oxygens (including phenoxy) is 2. The maximum atomic E-state index is 11.2. The predicted octanol–water partition coefficient (Wildman–Crippen LogP) is 7.20. The molecular weight excluding hydrogens is 436 g/mol. The van der Waals surface area contributed by atoms with Crippen LogP contribution in [0.4, 0.5) is 0 Å². The molecule has 1 aliphatic heterocycles. The highest BCUT2D eigenvalue weighted by Crippen LogP contribution is 2.43. The van der Waals surface area contributed by atoms with Crippen molar-refractivity contribution in [2.45, 2.75) is 83.7 Å². The number of halogens is 1. The Morgan fingerprint density at radius 2 is 1.91 bits per heavy atom. The van der Waals surface area contributed by atoms with Crippen LogP contribution in [0.1, 0.15) is 81.4 Å². The summed E-state index contributed by atoms with van der Waals surface area (Å²) in [5.41, 5.74) is 4.06. The van der Waals surface area contributed by atoms with E-state index in [1.807, 2.05) is 12.1 Å². The smallest absolute Gasteiger partial charge is 0.344 e. The third-order valence-corrected chi connectivity index (χ3v) is 7.53. The number of benzene rings is 2. The largest absolute Gasteiger partial charge is 0.492 e. The third kappa shape index (κ3) is 6.23. The first kappa shape index (κ1) is 23.9. The minimum absolute atomic E-state index is 0.469. The van der Waals surface area contributed by atoms with Crippen LogP contribution in [-0.2, 0) is 17.6 Å². The van der Waals surface area contributed by atoms with Crippen molar-refractivity contribution in [1.29, 1.82) is 0 Å². The van der Waals surface area contributed by atoms with Crippen LogP contribution in [0.25, 0.3) is 0 Å². The molecule has 0 aromatic heterocycles. The van der Waals surface area contributed by atoms with Gasteiger partial charge in [-0.1, -0.05) is 43.6 Å². The molecule has 178 valence electrons. The Balaban J connectivity index is 1.22. The summed E-state index contributed by atoms with van der Waals surface area (Å²) in [5.74, 6) is 1.20. The summed E-state index contributed by atoms with van der Waals surface area (Å²) in [6.45, 7) is 5.35. The van der Waals surface area contributed by atoms with Crippen molar-refractivity contribution < 1.29 is 19.4 Å². The van der Waals surface area contributed by atoms with Crippen molar-refractivity contribution in [3.8, 4) is 11.5 Å². The number of hydrogen-bond acceptors (Lipinski definition) is 3. The van der Waals surface area contributed by atoms with Gasteiger partial charge in [0.1, 0.15) is 11.5 Å². The maximum absolute atomic E-state index is 11.2. The molecule has 4 nitrogen and oxygen atoms in total. The van der Waals surface area contributed by atoms with Crippen molar-refractivity contribution in [3.63, 3.8) is 0 Å². The van der Waals surface area contributed by atoms with Gasteiger partial charge < -0.3 is 14.6 Å². The SMILES string of the molecule is CC1(C)CCC(c2ccc(OCCCCc3ccc4c(c3)OC(C(=O)O)CC4)c(Cl)c2)CC1. The molecule has 1 unspecified atom stereocenters. The normalized spacial score (nSPS) is 20.0. The second-order valence-corrected chi connectivity index (χ2v) is 10.8. The number of carboxylic acids is 1. The quantitative estimate of drug-likeness (QED) is 0.414. The van der Waals surface area contributed by atoms with Crippen molar-refractivity contribution in [3.05, 3.63) is 58.1 Å². The molecular formula is C28H35ClO4. The monoisotopic (exact) mass is 470 g/mol. The van der Waals surface area contributed by atoms with Crippen LogP contribution >= 0.6 is 11.6 Å². The molecule has 0 bridgehead atoms. The van der Waals surface area contributed by atoms with Gasteiger partial charge in [-0.15, -0.1) is 0 Å². The van der Waals surface area contributed by atoms with Crippen molar-refractivity contribution in [2.24, 2.45) is 5.41 Å². The zero-order chi connectivity index (χ0) is 23.4. The minimum Gasteiger partial charge on any atom is -0.492 e. The van der Waals surface area contributed by atoms with Crippen LogP contribution in [0.15, 0.2) is 36.4 Å². The molecule has 2 aromatic carbocycles. The van der Waals surface area contributed by atoms with Gasteiger partial charge in [0, 0.05) is 0 Å². The van der Waals surface area contributed by atoms with E-state index in [1.165, 1.54) is 31.2 Å². The Morgan fingerprint density at radius 1 is 1.12 bits per heavy atom. The standard InChI is InChI=1S/C28H35ClO4/c1-28(2)14-12-20(13-15-28)22-9-10-24(23(29)18-22)32-16-4-3-5-19-6-7-21-8-11-25(27(30)31)33-26(21)17-19/h6-7,9-10,17-18,20,25H,3-5,8,11-16H2,1-2H3,(H,30,31). The van der Waals surface area contributed by atoms with Gasteiger partial charge in [-0.3, -0.25) is 0 Å². The van der Waals surface area contributed by atoms with Crippen LogP contribution in [0.5, 0.6) is 11.5 Å². The minimum atomic E-state index is -0.891. The molecule has 5 heteroatoms. The van der Waals surface area contributed by atoms with E-state index in [1.54, 1.807) is 0 Å². The van der Waals surface area contributed by atoms with Gasteiger partial charge in [0.05, 0.1) is 11.6 Å². The van der Waals surface area contributed by atoms with E-state index in [2.05, 4.69) is 38.1 Å². The fraction of sp³-hybridized carbons (Fsp3) is 0.536. The Bertz CT molecular complexity index is 974. The van der Waals surface area contributed by atoms with E-state index in [9.17, 15) is 9.90 Å². The van der Waals surface area contributed by atoms with Gasteiger partial charge in [-0.05, 0) is 104 Å². The summed E-state index contributed by atoms with van der Waals surface area (Å²) in [6.07, 6.45) is 8.35. The van der Waals surface area contributed by atoms with Gasteiger partial charge in [0.25, 0.3) is 0 Å². The maximum Gasteiger partial charge on any atom is 0.344 e. The number of rotatable bonds is 8. The number of hydrogen-bond donors (Lipinski definition) is 1. The molecule has 0 spiro atoms. The Labute approximate surface area is 202 Å². The van der Waals surface area contributed by atoms with E-state index >= 15 is 0 Å². The summed E-state index contributed by atoms with van der Waals surface area (Å²) < 4.78 is 11.6. The topological polar surface area (TPSA) is 55.8 Å². The zero-order valence-corrected chi connectivity index (χ0v) is 20.5. The molecule has 1 saturated carbocycles. The summed E-state index contributed by atoms with van der Waals surface area (Å²) >= 11 is 6.53. The number of carboxylic acid groups (broad SMARTS) is 1.